The van der Waals surface area contributed by atoms with Crippen LogP contribution in [0, 0.1) is 0 Å². The first-order valence-corrected chi connectivity index (χ1v) is 7.85. The number of β-amino-alcohol motifs (C(OH)–C–C–N with tert-alkyl or cyclic N) is 1. The fraction of sp³-hybridized carbons (Fsp3) is 0.625. The average molecular weight is 298 g/mol. The quantitative estimate of drug-likeness (QED) is 0.878. The summed E-state index contributed by atoms with van der Waals surface area (Å²) >= 11 is 5.87. The lowest BCUT2D eigenvalue weighted by atomic mass is 9.95. The van der Waals surface area contributed by atoms with Crippen LogP contribution < -0.4 is 0 Å². The Morgan fingerprint density at radius 2 is 1.95 bits per heavy atom. The van der Waals surface area contributed by atoms with Gasteiger partial charge < -0.3 is 10.2 Å². The van der Waals surface area contributed by atoms with Gasteiger partial charge in [0.25, 0.3) is 0 Å². The fourth-order valence-corrected chi connectivity index (χ4v) is 3.09. The van der Waals surface area contributed by atoms with Gasteiger partial charge in [-0.25, -0.2) is 0 Å². The topological polar surface area (TPSA) is 43.7 Å². The number of hydrogen-bond donors (Lipinski definition) is 2. The number of benzene rings is 1. The van der Waals surface area contributed by atoms with Crippen molar-refractivity contribution in [3.63, 3.8) is 0 Å². The molecule has 2 N–H and O–H groups in total. The molecule has 1 aromatic rings. The molecule has 1 heterocycles. The second-order valence-electron chi connectivity index (χ2n) is 5.60. The standard InChI is InChI=1S/C16H24ClNO2/c1-2-15(19)14-5-3-4-10-18(14)11-16(20)12-6-8-13(17)9-7-12/h6-9,14-16,19-20H,2-5,10-11H2,1H3. The Bertz CT molecular complexity index is 409. The van der Waals surface area contributed by atoms with Crippen LogP contribution in [-0.2, 0) is 0 Å². The van der Waals surface area contributed by atoms with E-state index in [9.17, 15) is 10.2 Å². The normalized spacial score (nSPS) is 23.5. The summed E-state index contributed by atoms with van der Waals surface area (Å²) in [4.78, 5) is 2.23. The Hall–Kier alpha value is -0.610. The van der Waals surface area contributed by atoms with Crippen molar-refractivity contribution in [2.45, 2.75) is 50.9 Å². The first kappa shape index (κ1) is 15.8. The second-order valence-corrected chi connectivity index (χ2v) is 6.04. The van der Waals surface area contributed by atoms with Gasteiger partial charge in [-0.2, -0.15) is 0 Å². The van der Waals surface area contributed by atoms with Crippen LogP contribution in [0.25, 0.3) is 0 Å². The molecule has 2 rings (SSSR count). The van der Waals surface area contributed by atoms with Crippen LogP contribution in [0.2, 0.25) is 5.02 Å². The minimum Gasteiger partial charge on any atom is -0.392 e. The van der Waals surface area contributed by atoms with Gasteiger partial charge in [0.05, 0.1) is 12.2 Å². The monoisotopic (exact) mass is 297 g/mol. The van der Waals surface area contributed by atoms with Gasteiger partial charge in [-0.05, 0) is 43.5 Å². The predicted octanol–water partition coefficient (Wildman–Crippen LogP) is 3.00. The van der Waals surface area contributed by atoms with Crippen LogP contribution in [-0.4, -0.2) is 40.3 Å². The zero-order valence-electron chi connectivity index (χ0n) is 12.0. The lowest BCUT2D eigenvalue weighted by Gasteiger charge is -2.39. The minimum atomic E-state index is -0.531. The summed E-state index contributed by atoms with van der Waals surface area (Å²) in [6.07, 6.45) is 3.25. The molecule has 0 bridgehead atoms. The van der Waals surface area contributed by atoms with Crippen molar-refractivity contribution in [1.29, 1.82) is 0 Å². The lowest BCUT2D eigenvalue weighted by molar-refractivity contribution is -0.00119. The Kier molecular flexibility index (Phi) is 5.85. The maximum absolute atomic E-state index is 10.4. The Morgan fingerprint density at radius 1 is 1.25 bits per heavy atom. The molecule has 0 spiro atoms. The second kappa shape index (κ2) is 7.41. The molecule has 20 heavy (non-hydrogen) atoms. The van der Waals surface area contributed by atoms with E-state index >= 15 is 0 Å². The maximum atomic E-state index is 10.4. The molecule has 1 saturated heterocycles. The van der Waals surface area contributed by atoms with Crippen LogP contribution >= 0.6 is 11.6 Å². The molecule has 4 heteroatoms. The van der Waals surface area contributed by atoms with Crippen molar-refractivity contribution in [2.75, 3.05) is 13.1 Å². The van der Waals surface area contributed by atoms with Crippen LogP contribution in [0.3, 0.4) is 0 Å². The summed E-state index contributed by atoms with van der Waals surface area (Å²) in [5.41, 5.74) is 0.879. The molecule has 112 valence electrons. The van der Waals surface area contributed by atoms with E-state index in [0.717, 1.165) is 37.8 Å². The van der Waals surface area contributed by atoms with Crippen LogP contribution in [0.5, 0.6) is 0 Å². The smallest absolute Gasteiger partial charge is 0.0917 e. The molecule has 1 aliphatic heterocycles. The first-order valence-electron chi connectivity index (χ1n) is 7.47. The van der Waals surface area contributed by atoms with Gasteiger partial charge in [0.2, 0.25) is 0 Å². The SMILES string of the molecule is CCC(O)C1CCCCN1CC(O)c1ccc(Cl)cc1. The molecular formula is C16H24ClNO2. The third-order valence-electron chi connectivity index (χ3n) is 4.19. The minimum absolute atomic E-state index is 0.177. The molecule has 0 aliphatic carbocycles. The predicted molar refractivity (Wildman–Crippen MR) is 81.9 cm³/mol. The molecule has 1 aromatic carbocycles. The fourth-order valence-electron chi connectivity index (χ4n) is 2.96. The van der Waals surface area contributed by atoms with E-state index < -0.39 is 6.10 Å². The van der Waals surface area contributed by atoms with Gasteiger partial charge in [-0.15, -0.1) is 0 Å². The van der Waals surface area contributed by atoms with E-state index in [1.165, 1.54) is 0 Å². The molecule has 0 saturated carbocycles. The Morgan fingerprint density at radius 3 is 2.60 bits per heavy atom. The van der Waals surface area contributed by atoms with Crippen LogP contribution in [0.15, 0.2) is 24.3 Å². The van der Waals surface area contributed by atoms with Gasteiger partial charge >= 0.3 is 0 Å². The van der Waals surface area contributed by atoms with E-state index in [2.05, 4.69) is 4.90 Å². The third-order valence-corrected chi connectivity index (χ3v) is 4.44. The van der Waals surface area contributed by atoms with E-state index in [4.69, 9.17) is 11.6 Å². The maximum Gasteiger partial charge on any atom is 0.0917 e. The number of aliphatic hydroxyl groups is 2. The third kappa shape index (κ3) is 3.95. The summed E-state index contributed by atoms with van der Waals surface area (Å²) in [7, 11) is 0. The van der Waals surface area contributed by atoms with E-state index in [0.29, 0.717) is 11.6 Å². The molecule has 3 nitrogen and oxygen atoms in total. The van der Waals surface area contributed by atoms with Crippen molar-refractivity contribution in [3.05, 3.63) is 34.9 Å². The van der Waals surface area contributed by atoms with Gasteiger partial charge in [0.1, 0.15) is 0 Å². The summed E-state index contributed by atoms with van der Waals surface area (Å²) in [5.74, 6) is 0. The summed E-state index contributed by atoms with van der Waals surface area (Å²) < 4.78 is 0. The number of aliphatic hydroxyl groups excluding tert-OH is 2. The summed E-state index contributed by atoms with van der Waals surface area (Å²) in [6.45, 7) is 3.53. The van der Waals surface area contributed by atoms with Crippen molar-refractivity contribution in [3.8, 4) is 0 Å². The highest BCUT2D eigenvalue weighted by atomic mass is 35.5. The van der Waals surface area contributed by atoms with Crippen molar-refractivity contribution < 1.29 is 10.2 Å². The molecule has 1 fully saturated rings. The van der Waals surface area contributed by atoms with Gasteiger partial charge in [-0.1, -0.05) is 37.1 Å². The highest BCUT2D eigenvalue weighted by Crippen LogP contribution is 2.25. The molecule has 1 aliphatic rings. The van der Waals surface area contributed by atoms with E-state index in [-0.39, 0.29) is 12.1 Å². The molecule has 0 aromatic heterocycles. The van der Waals surface area contributed by atoms with Gasteiger partial charge in [0, 0.05) is 17.6 Å². The molecule has 3 atom stereocenters. The highest BCUT2D eigenvalue weighted by Gasteiger charge is 2.29. The molecular weight excluding hydrogens is 274 g/mol. The number of nitrogens with zero attached hydrogens (tertiary/aromatic N) is 1. The Balaban J connectivity index is 2.00. The van der Waals surface area contributed by atoms with Gasteiger partial charge in [-0.3, -0.25) is 4.90 Å². The van der Waals surface area contributed by atoms with Crippen molar-refractivity contribution in [1.82, 2.24) is 4.90 Å². The number of hydrogen-bond acceptors (Lipinski definition) is 3. The number of halogens is 1. The Labute approximate surface area is 126 Å². The highest BCUT2D eigenvalue weighted by molar-refractivity contribution is 6.30. The average Bonchev–Trinajstić information content (AvgIpc) is 2.47. The van der Waals surface area contributed by atoms with Crippen LogP contribution in [0.1, 0.15) is 44.3 Å². The first-order chi connectivity index (χ1) is 9.61. The lowest BCUT2D eigenvalue weighted by Crippen LogP contribution is -2.48. The number of likely N-dealkylation sites (tertiary alicyclic amines) is 1. The van der Waals surface area contributed by atoms with Gasteiger partial charge in [0.15, 0.2) is 0 Å². The van der Waals surface area contributed by atoms with Crippen molar-refractivity contribution in [2.24, 2.45) is 0 Å². The van der Waals surface area contributed by atoms with E-state index in [1.807, 2.05) is 19.1 Å². The summed E-state index contributed by atoms with van der Waals surface area (Å²) in [5, 5.41) is 21.2. The molecule has 0 radical (unpaired) electrons. The van der Waals surface area contributed by atoms with Crippen LogP contribution in [0.4, 0.5) is 0 Å². The summed E-state index contributed by atoms with van der Waals surface area (Å²) in [6, 6.07) is 7.50. The molecule has 3 unspecified atom stereocenters. The van der Waals surface area contributed by atoms with E-state index in [1.54, 1.807) is 12.1 Å². The van der Waals surface area contributed by atoms with Crippen molar-refractivity contribution >= 4 is 11.6 Å². The largest absolute Gasteiger partial charge is 0.392 e. The number of piperidine rings is 1. The molecule has 0 amide bonds. The zero-order valence-corrected chi connectivity index (χ0v) is 12.8. The zero-order chi connectivity index (χ0) is 14.5. The number of rotatable bonds is 5.